The largest absolute Gasteiger partial charge is 0.461 e. The summed E-state index contributed by atoms with van der Waals surface area (Å²) in [6.07, 6.45) is 2.50. The second kappa shape index (κ2) is 7.94. The van der Waals surface area contributed by atoms with Gasteiger partial charge in [0.1, 0.15) is 5.69 Å². The summed E-state index contributed by atoms with van der Waals surface area (Å²) in [4.78, 5) is 15.4. The minimum Gasteiger partial charge on any atom is -0.461 e. The first kappa shape index (κ1) is 21.1. The number of fused-ring (bicyclic) bond motifs is 1. The van der Waals surface area contributed by atoms with Gasteiger partial charge in [0.2, 0.25) is 0 Å². The molecule has 2 rings (SSSR count). The van der Waals surface area contributed by atoms with Crippen LogP contribution in [0.25, 0.3) is 5.03 Å². The van der Waals surface area contributed by atoms with Crippen molar-refractivity contribution in [2.75, 3.05) is 6.61 Å². The molecule has 1 atom stereocenters. The molecule has 24 heavy (non-hydrogen) atoms. The molecular formula is C18H28Cl2N2O2. The van der Waals surface area contributed by atoms with Crippen molar-refractivity contribution in [2.45, 2.75) is 59.9 Å². The van der Waals surface area contributed by atoms with Crippen molar-refractivity contribution in [2.24, 2.45) is 11.1 Å². The molecular weight excluding hydrogens is 347 g/mol. The van der Waals surface area contributed by atoms with Crippen LogP contribution in [0.3, 0.4) is 0 Å². The maximum Gasteiger partial charge on any atom is 0.355 e. The number of aromatic nitrogens is 1. The van der Waals surface area contributed by atoms with Crippen LogP contribution in [0.15, 0.2) is 5.57 Å². The van der Waals surface area contributed by atoms with Crippen LogP contribution in [0.2, 0.25) is 0 Å². The van der Waals surface area contributed by atoms with Crippen molar-refractivity contribution in [3.63, 3.8) is 0 Å². The fourth-order valence-corrected chi connectivity index (χ4v) is 3.85. The Kier molecular flexibility index (Phi) is 6.97. The van der Waals surface area contributed by atoms with E-state index in [2.05, 4.69) is 25.8 Å². The number of aromatic amines is 1. The molecule has 1 unspecified atom stereocenters. The van der Waals surface area contributed by atoms with E-state index >= 15 is 0 Å². The molecule has 1 aliphatic carbocycles. The van der Waals surface area contributed by atoms with Crippen molar-refractivity contribution in [3.8, 4) is 0 Å². The molecule has 0 aliphatic heterocycles. The molecule has 0 spiro atoms. The van der Waals surface area contributed by atoms with Crippen LogP contribution < -0.4 is 5.73 Å². The summed E-state index contributed by atoms with van der Waals surface area (Å²) >= 11 is 6.75. The Morgan fingerprint density at radius 2 is 2.04 bits per heavy atom. The smallest absolute Gasteiger partial charge is 0.355 e. The molecule has 4 nitrogen and oxygen atoms in total. The molecule has 0 saturated heterocycles. The highest BCUT2D eigenvalue weighted by Gasteiger charge is 2.36. The second-order valence-corrected chi connectivity index (χ2v) is 7.30. The highest BCUT2D eigenvalue weighted by Crippen LogP contribution is 2.47. The van der Waals surface area contributed by atoms with Gasteiger partial charge in [0.05, 0.1) is 6.61 Å². The number of carbonyl (C=O) groups excluding carboxylic acids is 1. The molecule has 1 aromatic rings. The number of carbonyl (C=O) groups is 1. The number of hydrogen-bond donors (Lipinski definition) is 2. The molecule has 0 bridgehead atoms. The molecule has 0 aromatic carbocycles. The molecule has 0 amide bonds. The highest BCUT2D eigenvalue weighted by molar-refractivity contribution is 6.50. The first-order chi connectivity index (χ1) is 10.7. The van der Waals surface area contributed by atoms with Crippen molar-refractivity contribution in [1.29, 1.82) is 0 Å². The Labute approximate surface area is 155 Å². The summed E-state index contributed by atoms with van der Waals surface area (Å²) in [5.74, 6) is -0.325. The summed E-state index contributed by atoms with van der Waals surface area (Å²) in [6, 6.07) is 0.100. The Hall–Kier alpha value is -0.970. The number of nitrogens with two attached hydrogens (primary N) is 1. The number of esters is 1. The standard InChI is InChI=1S/C18H27ClN2O2.ClH/c1-6-11(20)8-12-15(19)14-10(3)16(17(22)23-7-2)21-13(14)9-18(12,4)5;/h11,21H,6-9,20H2,1-5H3;1H. The molecule has 136 valence electrons. The number of ether oxygens (including phenoxy) is 1. The number of rotatable bonds is 5. The van der Waals surface area contributed by atoms with Crippen LogP contribution in [0.4, 0.5) is 0 Å². The molecule has 6 heteroatoms. The van der Waals surface area contributed by atoms with E-state index in [1.54, 1.807) is 6.92 Å². The maximum absolute atomic E-state index is 12.1. The van der Waals surface area contributed by atoms with Crippen LogP contribution in [-0.2, 0) is 11.2 Å². The lowest BCUT2D eigenvalue weighted by atomic mass is 9.72. The Morgan fingerprint density at radius 1 is 1.42 bits per heavy atom. The third kappa shape index (κ3) is 3.81. The van der Waals surface area contributed by atoms with Crippen molar-refractivity contribution in [3.05, 3.63) is 28.1 Å². The summed E-state index contributed by atoms with van der Waals surface area (Å²) < 4.78 is 5.13. The molecule has 0 radical (unpaired) electrons. The number of hydrogen-bond acceptors (Lipinski definition) is 3. The van der Waals surface area contributed by atoms with Crippen LogP contribution in [0.1, 0.15) is 67.8 Å². The first-order valence-corrected chi connectivity index (χ1v) is 8.64. The van der Waals surface area contributed by atoms with Crippen LogP contribution in [0.5, 0.6) is 0 Å². The Balaban J connectivity index is 0.00000288. The fraction of sp³-hybridized carbons (Fsp3) is 0.611. The van der Waals surface area contributed by atoms with Crippen LogP contribution >= 0.6 is 24.0 Å². The quantitative estimate of drug-likeness (QED) is 0.740. The molecule has 0 saturated carbocycles. The topological polar surface area (TPSA) is 68.1 Å². The lowest BCUT2D eigenvalue weighted by Crippen LogP contribution is -2.29. The number of H-pyrrole nitrogens is 1. The van der Waals surface area contributed by atoms with Gasteiger partial charge in [-0.15, -0.1) is 12.4 Å². The predicted octanol–water partition coefficient (Wildman–Crippen LogP) is 4.58. The summed E-state index contributed by atoms with van der Waals surface area (Å²) in [6.45, 7) is 10.5. The minimum atomic E-state index is -0.325. The van der Waals surface area contributed by atoms with Gasteiger partial charge < -0.3 is 15.5 Å². The lowest BCUT2D eigenvalue weighted by molar-refractivity contribution is 0.0519. The highest BCUT2D eigenvalue weighted by atomic mass is 35.5. The van der Waals surface area contributed by atoms with Gasteiger partial charge in [-0.2, -0.15) is 0 Å². The lowest BCUT2D eigenvalue weighted by Gasteiger charge is -2.35. The van der Waals surface area contributed by atoms with Crippen molar-refractivity contribution >= 4 is 35.0 Å². The van der Waals surface area contributed by atoms with E-state index in [9.17, 15) is 4.79 Å². The van der Waals surface area contributed by atoms with E-state index in [4.69, 9.17) is 22.1 Å². The fourth-order valence-electron chi connectivity index (χ4n) is 3.26. The summed E-state index contributed by atoms with van der Waals surface area (Å²) in [5, 5.41) is 0.740. The zero-order valence-corrected chi connectivity index (χ0v) is 16.7. The summed E-state index contributed by atoms with van der Waals surface area (Å²) in [7, 11) is 0. The van der Waals surface area contributed by atoms with Gasteiger partial charge in [-0.3, -0.25) is 0 Å². The molecule has 1 aromatic heterocycles. The number of nitrogens with one attached hydrogen (secondary N) is 1. The molecule has 3 N–H and O–H groups in total. The van der Waals surface area contributed by atoms with Gasteiger partial charge in [0, 0.05) is 22.3 Å². The third-order valence-electron chi connectivity index (χ3n) is 4.72. The molecule has 0 fully saturated rings. The monoisotopic (exact) mass is 374 g/mol. The molecule has 1 aliphatic rings. The minimum absolute atomic E-state index is 0. The van der Waals surface area contributed by atoms with Gasteiger partial charge in [-0.25, -0.2) is 4.79 Å². The van der Waals surface area contributed by atoms with Gasteiger partial charge in [0.25, 0.3) is 0 Å². The SMILES string of the molecule is CCOC(=O)c1[nH]c2c(c1C)C(Cl)=C(CC(N)CC)C(C)(C)C2.Cl. The second-order valence-electron chi connectivity index (χ2n) is 6.92. The third-order valence-corrected chi connectivity index (χ3v) is 5.14. The van der Waals surface area contributed by atoms with E-state index in [-0.39, 0.29) is 29.8 Å². The van der Waals surface area contributed by atoms with Crippen molar-refractivity contribution < 1.29 is 9.53 Å². The van der Waals surface area contributed by atoms with Gasteiger partial charge in [0.15, 0.2) is 0 Å². The number of halogens is 2. The van der Waals surface area contributed by atoms with Crippen LogP contribution in [0, 0.1) is 12.3 Å². The maximum atomic E-state index is 12.1. The zero-order valence-electron chi connectivity index (χ0n) is 15.1. The van der Waals surface area contributed by atoms with Gasteiger partial charge in [-0.1, -0.05) is 32.4 Å². The normalized spacial score (nSPS) is 17.1. The summed E-state index contributed by atoms with van der Waals surface area (Å²) in [5.41, 5.74) is 10.6. The Bertz CT molecular complexity index is 648. The predicted molar refractivity (Wildman–Crippen MR) is 102 cm³/mol. The zero-order chi connectivity index (χ0) is 17.4. The van der Waals surface area contributed by atoms with E-state index in [1.165, 1.54) is 5.57 Å². The average molecular weight is 375 g/mol. The van der Waals surface area contributed by atoms with Gasteiger partial charge >= 0.3 is 5.97 Å². The average Bonchev–Trinajstić information content (AvgIpc) is 2.79. The van der Waals surface area contributed by atoms with E-state index < -0.39 is 0 Å². The van der Waals surface area contributed by atoms with Crippen molar-refractivity contribution in [1.82, 2.24) is 4.98 Å². The first-order valence-electron chi connectivity index (χ1n) is 8.26. The van der Waals surface area contributed by atoms with E-state index in [1.807, 2.05) is 6.92 Å². The van der Waals surface area contributed by atoms with E-state index in [0.29, 0.717) is 12.3 Å². The molecule has 1 heterocycles. The van der Waals surface area contributed by atoms with Gasteiger partial charge in [-0.05, 0) is 49.7 Å². The Morgan fingerprint density at radius 3 is 2.58 bits per heavy atom. The van der Waals surface area contributed by atoms with Crippen LogP contribution in [-0.4, -0.2) is 23.6 Å². The van der Waals surface area contributed by atoms with E-state index in [0.717, 1.165) is 41.1 Å².